The van der Waals surface area contributed by atoms with E-state index in [0.29, 0.717) is 0 Å². The predicted molar refractivity (Wildman–Crippen MR) is 192 cm³/mol. The van der Waals surface area contributed by atoms with E-state index in [0.717, 1.165) is 6.92 Å². The maximum atomic E-state index is 12.0. The van der Waals surface area contributed by atoms with Crippen LogP contribution in [0.2, 0.25) is 0 Å². The number of hydrogen-bond donors (Lipinski definition) is 18. The monoisotopic (exact) mass is 1150 g/mol. The molecule has 0 aromatic carbocycles. The molecule has 2 aliphatic rings. The van der Waals surface area contributed by atoms with Crippen LogP contribution in [-0.4, -0.2) is 182 Å². The summed E-state index contributed by atoms with van der Waals surface area (Å²) >= 11 is 0. The molecule has 0 heterocycles. The zero-order valence-electron chi connectivity index (χ0n) is 31.4. The highest BCUT2D eigenvalue weighted by molar-refractivity contribution is 7.48. The molecular weight excluding hydrogens is 1110 g/mol. The molecule has 18 N–H and O–H groups in total. The van der Waals surface area contributed by atoms with Crippen LogP contribution in [0, 0.1) is 5.92 Å². The molecule has 12 atom stereocenters. The van der Waals surface area contributed by atoms with Crippen molar-refractivity contribution < 1.29 is 184 Å². The van der Waals surface area contributed by atoms with Crippen LogP contribution in [0.1, 0.15) is 6.92 Å². The Labute approximate surface area is 360 Å². The third-order valence-electron chi connectivity index (χ3n) is 7.68. The van der Waals surface area contributed by atoms with Gasteiger partial charge in [0.15, 0.2) is 0 Å². The zero-order valence-corrected chi connectivity index (χ0v) is 39.5. The minimum atomic E-state index is -6.12. The first-order valence-electron chi connectivity index (χ1n) is 16.2. The van der Waals surface area contributed by atoms with E-state index in [2.05, 4.69) is 40.7 Å². The van der Waals surface area contributed by atoms with Crippen LogP contribution in [-0.2, 0) is 96.0 Å². The second kappa shape index (κ2) is 23.2. The van der Waals surface area contributed by atoms with Crippen molar-refractivity contribution in [2.75, 3.05) is 26.4 Å². The van der Waals surface area contributed by atoms with Crippen LogP contribution in [0.25, 0.3) is 0 Å². The number of rotatable bonds is 26. The summed E-state index contributed by atoms with van der Waals surface area (Å²) in [4.78, 5) is 171. The van der Waals surface area contributed by atoms with E-state index in [4.69, 9.17) is 14.2 Å². The van der Waals surface area contributed by atoms with Crippen molar-refractivity contribution in [3.63, 3.8) is 0 Å². The van der Waals surface area contributed by atoms with E-state index in [1.807, 2.05) is 0 Å². The van der Waals surface area contributed by atoms with Gasteiger partial charge >= 0.3 is 70.4 Å². The van der Waals surface area contributed by atoms with Gasteiger partial charge in [0, 0.05) is 5.92 Å². The van der Waals surface area contributed by atoms with Crippen LogP contribution in [0.15, 0.2) is 0 Å². The second-order valence-electron chi connectivity index (χ2n) is 12.7. The molecule has 0 aliphatic heterocycles. The standard InChI is InChI=1S/C17H41O39P9/c1-6-7(10(49-58(21,22)23)14(53-62(33,34)35)11(50-59(24,25)26)8(6)48-57(18,19)20)46-4-2-45-3-5-47-9-12(51-60(27,28)29)15(54-63(36,37)38)17(56-65(42,43)44)16(55-64(39,40)41)13(9)52-61(30,31)32/h6-17H,2-5H2,1H3,(H2,18,19,20)(H2,21,22,23)(H2,24,25,26)(H2,27,28,29)(H2,30,31,32)(H2,33,34,35)(H2,36,37,38)(H2,39,40,41)(H2,42,43,44)/t6-,7-,8+,9?,10+,11+,12-,13+,14-,15+,16-,17?/m1/s1. The number of phosphoric acid groups is 9. The molecule has 2 saturated carbocycles. The smallest absolute Gasteiger partial charge is 0.377 e. The maximum Gasteiger partial charge on any atom is 0.470 e. The summed E-state index contributed by atoms with van der Waals surface area (Å²) in [5.74, 6) is -1.83. The van der Waals surface area contributed by atoms with Gasteiger partial charge in [0.1, 0.15) is 61.0 Å². The molecule has 65 heavy (non-hydrogen) atoms. The van der Waals surface area contributed by atoms with E-state index in [1.165, 1.54) is 0 Å². The Morgan fingerprint density at radius 3 is 0.662 bits per heavy atom. The Balaban J connectivity index is 2.53. The van der Waals surface area contributed by atoms with E-state index in [9.17, 15) is 129 Å². The summed E-state index contributed by atoms with van der Waals surface area (Å²) in [6.45, 7) is -2.97. The van der Waals surface area contributed by atoms with Gasteiger partial charge in [-0.05, 0) is 0 Å². The maximum absolute atomic E-state index is 12.0. The van der Waals surface area contributed by atoms with Gasteiger partial charge in [0.05, 0.1) is 32.5 Å². The van der Waals surface area contributed by atoms with Crippen molar-refractivity contribution in [1.29, 1.82) is 0 Å². The molecule has 0 bridgehead atoms. The molecule has 0 amide bonds. The molecule has 39 nitrogen and oxygen atoms in total. The molecule has 0 aromatic rings. The van der Waals surface area contributed by atoms with Gasteiger partial charge < -0.3 is 102 Å². The molecule has 2 unspecified atom stereocenters. The predicted octanol–water partition coefficient (Wildman–Crippen LogP) is -4.26. The number of ether oxygens (including phenoxy) is 3. The Kier molecular flexibility index (Phi) is 22.1. The average molecular weight is 1150 g/mol. The van der Waals surface area contributed by atoms with E-state index >= 15 is 0 Å². The first-order chi connectivity index (χ1) is 28.8. The minimum absolute atomic E-state index is 0.840. The first-order valence-corrected chi connectivity index (χ1v) is 30.0. The summed E-state index contributed by atoms with van der Waals surface area (Å²) in [7, 11) is -54.0. The summed E-state index contributed by atoms with van der Waals surface area (Å²) in [5.41, 5.74) is 0. The van der Waals surface area contributed by atoms with Gasteiger partial charge in [-0.3, -0.25) is 40.7 Å². The Morgan fingerprint density at radius 2 is 0.431 bits per heavy atom. The van der Waals surface area contributed by atoms with E-state index < -0.39 is 170 Å². The second-order valence-corrected chi connectivity index (χ2v) is 23.4. The van der Waals surface area contributed by atoms with Gasteiger partial charge in [-0.1, -0.05) is 6.92 Å². The van der Waals surface area contributed by atoms with Crippen LogP contribution >= 0.6 is 70.4 Å². The lowest BCUT2D eigenvalue weighted by molar-refractivity contribution is -0.221. The van der Waals surface area contributed by atoms with Crippen LogP contribution in [0.5, 0.6) is 0 Å². The largest absolute Gasteiger partial charge is 0.470 e. The van der Waals surface area contributed by atoms with Crippen molar-refractivity contribution in [3.05, 3.63) is 0 Å². The third-order valence-corrected chi connectivity index (χ3v) is 12.3. The van der Waals surface area contributed by atoms with Gasteiger partial charge in [-0.2, -0.15) is 0 Å². The van der Waals surface area contributed by atoms with Crippen molar-refractivity contribution >= 4 is 70.4 Å². The SMILES string of the molecule is C[C@@H]1[C@@H](OCCOCCOC2[C@@H](OP(=O)(O)O)[C@H](OP(=O)(O)O)C(OP(=O)(O)O)[C@H](OP(=O)(O)O)[C@H]2OP(=O)(O)O)[C@H](OP(=O)(O)O)[C@@H](OP(=O)(O)O)[C@@H](OP(=O)(O)O)[C@H]1OP(=O)(O)O. The molecule has 0 radical (unpaired) electrons. The van der Waals surface area contributed by atoms with Gasteiger partial charge in [-0.25, -0.2) is 41.1 Å². The summed E-state index contributed by atoms with van der Waals surface area (Å²) in [5, 5.41) is 0. The highest BCUT2D eigenvalue weighted by atomic mass is 31.2. The highest BCUT2D eigenvalue weighted by Gasteiger charge is 2.62. The molecule has 2 aliphatic carbocycles. The van der Waals surface area contributed by atoms with E-state index in [-0.39, 0.29) is 0 Å². The van der Waals surface area contributed by atoms with Crippen molar-refractivity contribution in [3.8, 4) is 0 Å². The third kappa shape index (κ3) is 23.8. The molecule has 0 saturated heterocycles. The molecular formula is C17H41O39P9. The van der Waals surface area contributed by atoms with Crippen LogP contribution < -0.4 is 0 Å². The highest BCUT2D eigenvalue weighted by Crippen LogP contribution is 2.57. The lowest BCUT2D eigenvalue weighted by Crippen LogP contribution is -2.66. The minimum Gasteiger partial charge on any atom is -0.377 e. The number of phosphoric ester groups is 9. The van der Waals surface area contributed by atoms with Crippen molar-refractivity contribution in [1.82, 2.24) is 0 Å². The summed E-state index contributed by atoms with van der Waals surface area (Å²) < 4.78 is 163. The Bertz CT molecular complexity index is 1950. The molecule has 0 aromatic heterocycles. The van der Waals surface area contributed by atoms with E-state index in [1.54, 1.807) is 0 Å². The Hall–Kier alpha value is 0.870. The normalized spacial score (nSPS) is 30.7. The topological polar surface area (TPSA) is 629 Å². The molecule has 48 heteroatoms. The lowest BCUT2D eigenvalue weighted by atomic mass is 9.79. The van der Waals surface area contributed by atoms with Gasteiger partial charge in [-0.15, -0.1) is 0 Å². The van der Waals surface area contributed by atoms with Crippen LogP contribution in [0.3, 0.4) is 0 Å². The lowest BCUT2D eigenvalue weighted by Gasteiger charge is -2.48. The number of hydrogen-bond acceptors (Lipinski definition) is 21. The summed E-state index contributed by atoms with van der Waals surface area (Å²) in [6, 6.07) is 0. The fourth-order valence-electron chi connectivity index (χ4n) is 6.04. The first kappa shape index (κ1) is 62.0. The van der Waals surface area contributed by atoms with Crippen molar-refractivity contribution in [2.45, 2.75) is 74.1 Å². The molecule has 388 valence electrons. The van der Waals surface area contributed by atoms with Gasteiger partial charge in [0.2, 0.25) is 0 Å². The fraction of sp³-hybridized carbons (Fsp3) is 1.00. The fourth-order valence-corrected chi connectivity index (χ4v) is 11.1. The van der Waals surface area contributed by atoms with Crippen molar-refractivity contribution in [2.24, 2.45) is 5.92 Å². The average Bonchev–Trinajstić information content (AvgIpc) is 3.01. The quantitative estimate of drug-likeness (QED) is 0.0288. The molecule has 2 rings (SSSR count). The van der Waals surface area contributed by atoms with Crippen LogP contribution in [0.4, 0.5) is 0 Å². The summed E-state index contributed by atoms with van der Waals surface area (Å²) in [6.07, 6.45) is -30.9. The zero-order chi connectivity index (χ0) is 50.7. The molecule has 2 fully saturated rings. The molecule has 0 spiro atoms. The Morgan fingerprint density at radius 1 is 0.262 bits per heavy atom. The van der Waals surface area contributed by atoms with Gasteiger partial charge in [0.25, 0.3) is 0 Å².